The topological polar surface area (TPSA) is 20.2 Å². The summed E-state index contributed by atoms with van der Waals surface area (Å²) in [6, 6.07) is 10.5. The van der Waals surface area contributed by atoms with Crippen LogP contribution in [-0.4, -0.2) is 11.2 Å². The number of aryl methyl sites for hydroxylation is 1. The number of allylic oxidation sites excluding steroid dienone is 2. The normalized spacial score (nSPS) is 20.5. The van der Waals surface area contributed by atoms with Crippen LogP contribution in [0.15, 0.2) is 54.6 Å². The van der Waals surface area contributed by atoms with Gasteiger partial charge in [0.1, 0.15) is 0 Å². The van der Waals surface area contributed by atoms with Crippen molar-refractivity contribution in [3.8, 4) is 11.1 Å². The number of aliphatic hydroxyl groups is 1. The van der Waals surface area contributed by atoms with Crippen LogP contribution in [0.4, 0.5) is 8.78 Å². The maximum absolute atomic E-state index is 14.5. The van der Waals surface area contributed by atoms with Gasteiger partial charge in [0.25, 0.3) is 0 Å². The Hall–Kier alpha value is -2.26. The number of aliphatic hydroxyl groups excluding tert-OH is 1. The molecule has 1 N–H and O–H groups in total. The minimum atomic E-state index is -0.859. The predicted molar refractivity (Wildman–Crippen MR) is 88.8 cm³/mol. The van der Waals surface area contributed by atoms with E-state index in [9.17, 15) is 13.9 Å². The van der Waals surface area contributed by atoms with Crippen LogP contribution in [0.3, 0.4) is 0 Å². The molecule has 2 atom stereocenters. The molecule has 0 aromatic heterocycles. The van der Waals surface area contributed by atoms with E-state index in [1.165, 1.54) is 0 Å². The molecular formula is C20H18F2O. The van der Waals surface area contributed by atoms with Crippen LogP contribution >= 0.6 is 0 Å². The number of hydrogen-bond acceptors (Lipinski definition) is 1. The second-order valence-corrected chi connectivity index (χ2v) is 5.99. The summed E-state index contributed by atoms with van der Waals surface area (Å²) < 4.78 is 29.0. The third-order valence-electron chi connectivity index (χ3n) is 4.21. The summed E-state index contributed by atoms with van der Waals surface area (Å²) in [5.41, 5.74) is 2.77. The van der Waals surface area contributed by atoms with Gasteiger partial charge in [0.05, 0.1) is 6.10 Å². The molecule has 1 unspecified atom stereocenters. The molecule has 3 heteroatoms. The summed E-state index contributed by atoms with van der Waals surface area (Å²) in [5, 5.41) is 9.68. The first-order valence-corrected chi connectivity index (χ1v) is 7.61. The first kappa shape index (κ1) is 15.6. The van der Waals surface area contributed by atoms with Crippen LogP contribution in [0.2, 0.25) is 0 Å². The first-order chi connectivity index (χ1) is 11.0. The predicted octanol–water partition coefficient (Wildman–Crippen LogP) is 4.89. The van der Waals surface area contributed by atoms with Crippen LogP contribution in [0.1, 0.15) is 18.1 Å². The van der Waals surface area contributed by atoms with Gasteiger partial charge in [-0.15, -0.1) is 0 Å². The lowest BCUT2D eigenvalue weighted by Gasteiger charge is -2.19. The molecule has 1 aliphatic carbocycles. The fraction of sp³-hybridized carbons (Fsp3) is 0.200. The molecule has 0 aliphatic heterocycles. The second kappa shape index (κ2) is 6.09. The monoisotopic (exact) mass is 312 g/mol. The highest BCUT2D eigenvalue weighted by Gasteiger charge is 2.20. The van der Waals surface area contributed by atoms with E-state index in [0.29, 0.717) is 11.1 Å². The van der Waals surface area contributed by atoms with E-state index < -0.39 is 17.7 Å². The van der Waals surface area contributed by atoms with Gasteiger partial charge < -0.3 is 5.11 Å². The summed E-state index contributed by atoms with van der Waals surface area (Å²) in [7, 11) is 0. The lowest BCUT2D eigenvalue weighted by molar-refractivity contribution is 0.184. The van der Waals surface area contributed by atoms with Crippen molar-refractivity contribution >= 4 is 5.57 Å². The zero-order chi connectivity index (χ0) is 16.6. The van der Waals surface area contributed by atoms with Gasteiger partial charge in [-0.3, -0.25) is 0 Å². The van der Waals surface area contributed by atoms with E-state index in [0.717, 1.165) is 5.56 Å². The van der Waals surface area contributed by atoms with E-state index >= 15 is 0 Å². The molecule has 3 rings (SSSR count). The van der Waals surface area contributed by atoms with E-state index in [4.69, 9.17) is 0 Å². The SMILES string of the molecule is Cc1ccc(-c2ccc(C3=C[C@H](C)C(O)C=C3)c(F)c2F)cc1. The highest BCUT2D eigenvalue weighted by molar-refractivity contribution is 5.78. The average Bonchev–Trinajstić information content (AvgIpc) is 2.54. The zero-order valence-electron chi connectivity index (χ0n) is 13.1. The molecule has 2 aromatic carbocycles. The standard InChI is InChI=1S/C20H18F2O/c1-12-3-5-14(6-4-12)16-8-9-17(20(22)19(16)21)15-7-10-18(23)13(2)11-15/h3-11,13,18,23H,1-2H3/t13-,18?/m0/s1. The molecule has 0 radical (unpaired) electrons. The Kier molecular flexibility index (Phi) is 4.14. The molecule has 1 nitrogen and oxygen atoms in total. The number of benzene rings is 2. The lowest BCUT2D eigenvalue weighted by atomic mass is 9.90. The quantitative estimate of drug-likeness (QED) is 0.837. The summed E-state index contributed by atoms with van der Waals surface area (Å²) in [6.45, 7) is 3.78. The number of halogens is 2. The minimum Gasteiger partial charge on any atom is -0.388 e. The molecule has 2 aromatic rings. The van der Waals surface area contributed by atoms with Crippen LogP contribution < -0.4 is 0 Å². The van der Waals surface area contributed by atoms with Gasteiger partial charge in [-0.05, 0) is 18.1 Å². The summed E-state index contributed by atoms with van der Waals surface area (Å²) in [5.74, 6) is -1.84. The maximum Gasteiger partial charge on any atom is 0.167 e. The fourth-order valence-electron chi connectivity index (χ4n) is 2.72. The fourth-order valence-corrected chi connectivity index (χ4v) is 2.72. The lowest BCUT2D eigenvalue weighted by Crippen LogP contribution is -2.15. The highest BCUT2D eigenvalue weighted by Crippen LogP contribution is 2.32. The molecule has 0 saturated carbocycles. The Labute approximate surface area is 134 Å². The van der Waals surface area contributed by atoms with Gasteiger partial charge in [0, 0.05) is 17.0 Å². The average molecular weight is 312 g/mol. The maximum atomic E-state index is 14.5. The Morgan fingerprint density at radius 1 is 0.913 bits per heavy atom. The molecule has 0 saturated heterocycles. The molecule has 0 heterocycles. The Balaban J connectivity index is 2.03. The van der Waals surface area contributed by atoms with Gasteiger partial charge in [0.2, 0.25) is 0 Å². The van der Waals surface area contributed by atoms with Gasteiger partial charge in [-0.1, -0.05) is 67.1 Å². The van der Waals surface area contributed by atoms with Crippen molar-refractivity contribution in [3.63, 3.8) is 0 Å². The summed E-state index contributed by atoms with van der Waals surface area (Å²) in [6.07, 6.45) is 4.41. The van der Waals surface area contributed by atoms with Gasteiger partial charge >= 0.3 is 0 Å². The molecule has 118 valence electrons. The molecule has 0 amide bonds. The van der Waals surface area contributed by atoms with Crippen LogP contribution in [0.5, 0.6) is 0 Å². The van der Waals surface area contributed by atoms with Crippen LogP contribution in [0.25, 0.3) is 16.7 Å². The molecule has 0 bridgehead atoms. The van der Waals surface area contributed by atoms with Crippen molar-refractivity contribution in [3.05, 3.63) is 77.4 Å². The van der Waals surface area contributed by atoms with Crippen molar-refractivity contribution in [1.29, 1.82) is 0 Å². The van der Waals surface area contributed by atoms with Crippen molar-refractivity contribution < 1.29 is 13.9 Å². The van der Waals surface area contributed by atoms with Crippen molar-refractivity contribution in [2.45, 2.75) is 20.0 Å². The third kappa shape index (κ3) is 2.97. The molecule has 23 heavy (non-hydrogen) atoms. The van der Waals surface area contributed by atoms with E-state index in [-0.39, 0.29) is 17.0 Å². The van der Waals surface area contributed by atoms with E-state index in [1.54, 1.807) is 42.5 Å². The molecule has 1 aliphatic rings. The third-order valence-corrected chi connectivity index (χ3v) is 4.21. The van der Waals surface area contributed by atoms with Gasteiger partial charge in [-0.2, -0.15) is 0 Å². The molecule has 0 spiro atoms. The van der Waals surface area contributed by atoms with Crippen molar-refractivity contribution in [2.24, 2.45) is 5.92 Å². The Morgan fingerprint density at radius 2 is 1.52 bits per heavy atom. The Morgan fingerprint density at radius 3 is 2.17 bits per heavy atom. The Bertz CT molecular complexity index is 788. The highest BCUT2D eigenvalue weighted by atomic mass is 19.2. The second-order valence-electron chi connectivity index (χ2n) is 5.99. The first-order valence-electron chi connectivity index (χ1n) is 7.61. The van der Waals surface area contributed by atoms with E-state index in [2.05, 4.69) is 0 Å². The van der Waals surface area contributed by atoms with Gasteiger partial charge in [-0.25, -0.2) is 8.78 Å². The zero-order valence-corrected chi connectivity index (χ0v) is 13.1. The largest absolute Gasteiger partial charge is 0.388 e. The van der Waals surface area contributed by atoms with Crippen molar-refractivity contribution in [1.82, 2.24) is 0 Å². The smallest absolute Gasteiger partial charge is 0.167 e. The van der Waals surface area contributed by atoms with Crippen molar-refractivity contribution in [2.75, 3.05) is 0 Å². The van der Waals surface area contributed by atoms with Crippen LogP contribution in [-0.2, 0) is 0 Å². The van der Waals surface area contributed by atoms with Gasteiger partial charge in [0.15, 0.2) is 11.6 Å². The number of rotatable bonds is 2. The summed E-state index contributed by atoms with van der Waals surface area (Å²) in [4.78, 5) is 0. The van der Waals surface area contributed by atoms with Crippen LogP contribution in [0, 0.1) is 24.5 Å². The molecule has 0 fully saturated rings. The number of hydrogen-bond donors (Lipinski definition) is 1. The minimum absolute atomic E-state index is 0.130. The summed E-state index contributed by atoms with van der Waals surface area (Å²) >= 11 is 0. The molecular weight excluding hydrogens is 294 g/mol. The van der Waals surface area contributed by atoms with E-state index in [1.807, 2.05) is 26.0 Å².